The van der Waals surface area contributed by atoms with Crippen LogP contribution in [0.2, 0.25) is 0 Å². The summed E-state index contributed by atoms with van der Waals surface area (Å²) in [5, 5.41) is 129. The Labute approximate surface area is 388 Å². The van der Waals surface area contributed by atoms with Crippen molar-refractivity contribution in [3.8, 4) is 0 Å². The molecule has 25 atom stereocenters. The first-order valence-corrected chi connectivity index (χ1v) is 24.4. The number of fused-ring (bicyclic) bond motifs is 5. The monoisotopic (exact) mass is 947 g/mol. The fraction of sp³-hybridized carbons (Fsp3) is 0.958. The van der Waals surface area contributed by atoms with Gasteiger partial charge in [0.2, 0.25) is 0 Å². The van der Waals surface area contributed by atoms with Gasteiger partial charge < -0.3 is 89.7 Å². The number of aliphatic hydroxyl groups is 12. The van der Waals surface area contributed by atoms with Gasteiger partial charge in [-0.1, -0.05) is 46.3 Å². The van der Waals surface area contributed by atoms with Gasteiger partial charge in [0.05, 0.1) is 37.6 Å². The summed E-state index contributed by atoms with van der Waals surface area (Å²) < 4.78 is 36.6. The second-order valence-electron chi connectivity index (χ2n) is 22.9. The van der Waals surface area contributed by atoms with Gasteiger partial charge in [0.15, 0.2) is 18.9 Å². The van der Waals surface area contributed by atoms with E-state index in [2.05, 4.69) is 40.7 Å². The molecule has 7 aliphatic rings. The maximum Gasteiger partial charge on any atom is 0.187 e. The summed E-state index contributed by atoms with van der Waals surface area (Å²) in [6.45, 7) is 15.8. The minimum absolute atomic E-state index is 0.133. The van der Waals surface area contributed by atoms with Crippen LogP contribution in [0.1, 0.15) is 113 Å². The van der Waals surface area contributed by atoms with Gasteiger partial charge in [0.25, 0.3) is 0 Å². The molecule has 7 rings (SSSR count). The van der Waals surface area contributed by atoms with Gasteiger partial charge in [-0.25, -0.2) is 0 Å². The average molecular weight is 947 g/mol. The normalized spacial score (nSPS) is 52.4. The Morgan fingerprint density at radius 3 is 1.74 bits per heavy atom. The Balaban J connectivity index is 1.11. The highest BCUT2D eigenvalue weighted by atomic mass is 16.7. The van der Waals surface area contributed by atoms with E-state index in [-0.39, 0.29) is 46.0 Å². The average Bonchev–Trinajstić information content (AvgIpc) is 3.65. The first-order valence-electron chi connectivity index (χ1n) is 24.4. The molecule has 3 heterocycles. The van der Waals surface area contributed by atoms with Crippen LogP contribution in [0.3, 0.4) is 0 Å². The highest BCUT2D eigenvalue weighted by Crippen LogP contribution is 2.76. The van der Waals surface area contributed by atoms with Crippen LogP contribution in [-0.2, 0) is 28.4 Å². The third-order valence-corrected chi connectivity index (χ3v) is 18.8. The van der Waals surface area contributed by atoms with Crippen molar-refractivity contribution in [2.45, 2.75) is 223 Å². The van der Waals surface area contributed by atoms with Crippen molar-refractivity contribution in [2.24, 2.45) is 45.3 Å². The van der Waals surface area contributed by atoms with Crippen LogP contribution in [0.5, 0.6) is 0 Å². The van der Waals surface area contributed by atoms with Gasteiger partial charge in [-0.15, -0.1) is 0 Å². The second-order valence-corrected chi connectivity index (χ2v) is 22.9. The van der Waals surface area contributed by atoms with E-state index in [1.54, 1.807) is 0 Å². The van der Waals surface area contributed by atoms with Crippen LogP contribution in [0.15, 0.2) is 11.6 Å². The Hall–Kier alpha value is -0.980. The lowest BCUT2D eigenvalue weighted by Gasteiger charge is -2.71. The summed E-state index contributed by atoms with van der Waals surface area (Å²) in [5.41, 5.74) is -1.06. The van der Waals surface area contributed by atoms with Crippen LogP contribution in [0, 0.1) is 45.3 Å². The summed E-state index contributed by atoms with van der Waals surface area (Å²) in [6, 6.07) is 0. The largest absolute Gasteiger partial charge is 0.394 e. The Morgan fingerprint density at radius 2 is 1.15 bits per heavy atom. The molecule has 382 valence electrons. The SMILES string of the molecule is CC(C)=CCC[C@@](C)(O[C@H]1O[C@@H](CO[C@H]2O[C@@H](CO)[C@H](O)[C@@H](O)[C@@H]2O)[C@H](O)[C@@H](O)[C@@H]1O)[C@@H]1CC[C@@]2(C)[C@H]1[C@@H](O)C[C@H]1[C@]3(C)CC[C@@H](O[C@H]4O[C@@H](CO)[C@H](O)[C@@H](O)[C@@H]4O)C(C)(C)[C@H]3CC[C@@]12C. The van der Waals surface area contributed by atoms with Crippen molar-refractivity contribution in [3.63, 3.8) is 0 Å². The Kier molecular flexibility index (Phi) is 15.7. The van der Waals surface area contributed by atoms with Crippen molar-refractivity contribution in [3.05, 3.63) is 11.6 Å². The summed E-state index contributed by atoms with van der Waals surface area (Å²) >= 11 is 0. The molecule has 18 nitrogen and oxygen atoms in total. The molecule has 12 N–H and O–H groups in total. The molecule has 4 saturated carbocycles. The fourth-order valence-corrected chi connectivity index (χ4v) is 14.8. The zero-order valence-corrected chi connectivity index (χ0v) is 40.0. The smallest absolute Gasteiger partial charge is 0.187 e. The van der Waals surface area contributed by atoms with Crippen LogP contribution in [0.4, 0.5) is 0 Å². The van der Waals surface area contributed by atoms with E-state index < -0.39 is 129 Å². The maximum absolute atomic E-state index is 12.7. The zero-order chi connectivity index (χ0) is 48.6. The topological polar surface area (TPSA) is 298 Å². The quantitative estimate of drug-likeness (QED) is 0.0853. The summed E-state index contributed by atoms with van der Waals surface area (Å²) in [7, 11) is 0. The Bertz CT molecular complexity index is 1680. The van der Waals surface area contributed by atoms with E-state index in [0.717, 1.165) is 31.3 Å². The number of ether oxygens (including phenoxy) is 6. The van der Waals surface area contributed by atoms with Crippen LogP contribution in [0.25, 0.3) is 0 Å². The van der Waals surface area contributed by atoms with E-state index in [1.807, 2.05) is 20.8 Å². The third kappa shape index (κ3) is 8.90. The van der Waals surface area contributed by atoms with Crippen molar-refractivity contribution in [2.75, 3.05) is 19.8 Å². The molecule has 0 bridgehead atoms. The summed E-state index contributed by atoms with van der Waals surface area (Å²) in [6.07, 6.45) is -14.9. The van der Waals surface area contributed by atoms with Crippen molar-refractivity contribution >= 4 is 0 Å². The molecule has 0 radical (unpaired) electrons. The molecular weight excluding hydrogens is 865 g/mol. The lowest BCUT2D eigenvalue weighted by atomic mass is 9.35. The molecule has 18 heteroatoms. The zero-order valence-electron chi connectivity index (χ0n) is 40.0. The number of allylic oxidation sites excluding steroid dienone is 2. The van der Waals surface area contributed by atoms with Gasteiger partial charge in [-0.3, -0.25) is 0 Å². The third-order valence-electron chi connectivity index (χ3n) is 18.8. The lowest BCUT2D eigenvalue weighted by Crippen LogP contribution is -2.67. The molecule has 3 aliphatic heterocycles. The minimum Gasteiger partial charge on any atom is -0.394 e. The van der Waals surface area contributed by atoms with E-state index in [1.165, 1.54) is 0 Å². The second kappa shape index (κ2) is 19.6. The predicted octanol–water partition coefficient (Wildman–Crippen LogP) is -0.0268. The number of hydrogen-bond acceptors (Lipinski definition) is 18. The molecule has 3 saturated heterocycles. The molecule has 0 spiro atoms. The van der Waals surface area contributed by atoms with Gasteiger partial charge in [0.1, 0.15) is 73.2 Å². The van der Waals surface area contributed by atoms with Crippen molar-refractivity contribution < 1.29 is 89.7 Å². The van der Waals surface area contributed by atoms with Gasteiger partial charge in [-0.2, -0.15) is 0 Å². The molecule has 0 unspecified atom stereocenters. The highest BCUT2D eigenvalue weighted by Gasteiger charge is 2.72. The molecule has 0 aromatic heterocycles. The summed E-state index contributed by atoms with van der Waals surface area (Å²) in [4.78, 5) is 0. The molecule has 0 aromatic carbocycles. The minimum atomic E-state index is -1.72. The standard InChI is InChI=1S/C48H82O18/c1-22(2)10-9-14-48(8,66-43-40(60)37(57)34(54)27(64-43)21-61-41-38(58)35(55)32(52)25(19-49)62-41)23-11-16-47(7)31(23)24(51)18-29-45(5)15-13-30(44(3,4)28(45)12-17-46(29,47)6)65-42-39(59)36(56)33(53)26(20-50)63-42/h10,23-43,49-60H,9,11-21H2,1-8H3/t23-,24+,25+,26+,27+,28-,29+,30-,31-,32+,33+,34+,35-,36-,37-,38+,39+,40+,41+,42-,43-,45-,46+,47+,48-/m1/s1. The van der Waals surface area contributed by atoms with E-state index in [0.29, 0.717) is 32.1 Å². The fourth-order valence-electron chi connectivity index (χ4n) is 14.8. The molecule has 0 amide bonds. The van der Waals surface area contributed by atoms with Gasteiger partial charge in [-0.05, 0) is 124 Å². The molecular formula is C48H82O18. The first-order chi connectivity index (χ1) is 30.8. The lowest BCUT2D eigenvalue weighted by molar-refractivity contribution is -0.350. The van der Waals surface area contributed by atoms with Crippen molar-refractivity contribution in [1.82, 2.24) is 0 Å². The number of rotatable bonds is 13. The molecule has 0 aromatic rings. The number of hydrogen-bond donors (Lipinski definition) is 12. The van der Waals surface area contributed by atoms with E-state index in [4.69, 9.17) is 28.4 Å². The first kappa shape index (κ1) is 52.8. The number of aliphatic hydroxyl groups excluding tert-OH is 12. The van der Waals surface area contributed by atoms with E-state index >= 15 is 0 Å². The highest BCUT2D eigenvalue weighted by molar-refractivity contribution is 5.20. The predicted molar refractivity (Wildman–Crippen MR) is 234 cm³/mol. The summed E-state index contributed by atoms with van der Waals surface area (Å²) in [5.74, 6) is -0.128. The van der Waals surface area contributed by atoms with Crippen LogP contribution < -0.4 is 0 Å². The van der Waals surface area contributed by atoms with Crippen LogP contribution in [-0.4, -0.2) is 191 Å². The van der Waals surface area contributed by atoms with Gasteiger partial charge in [0, 0.05) is 0 Å². The maximum atomic E-state index is 12.7. The van der Waals surface area contributed by atoms with Crippen molar-refractivity contribution in [1.29, 1.82) is 0 Å². The van der Waals surface area contributed by atoms with Gasteiger partial charge >= 0.3 is 0 Å². The molecule has 4 aliphatic carbocycles. The Morgan fingerprint density at radius 1 is 0.621 bits per heavy atom. The van der Waals surface area contributed by atoms with E-state index in [9.17, 15) is 61.3 Å². The molecule has 66 heavy (non-hydrogen) atoms. The molecule has 7 fully saturated rings. The van der Waals surface area contributed by atoms with Crippen LogP contribution >= 0.6 is 0 Å².